The summed E-state index contributed by atoms with van der Waals surface area (Å²) in [7, 11) is 1.62. The van der Waals surface area contributed by atoms with Crippen LogP contribution < -0.4 is 10.1 Å². The molecule has 1 saturated carbocycles. The van der Waals surface area contributed by atoms with Gasteiger partial charge in [0.1, 0.15) is 17.7 Å². The summed E-state index contributed by atoms with van der Waals surface area (Å²) < 4.78 is 5.44. The minimum Gasteiger partial charge on any atom is -0.496 e. The third-order valence-electron chi connectivity index (χ3n) is 5.76. The van der Waals surface area contributed by atoms with Crippen LogP contribution in [0.5, 0.6) is 5.75 Å². The van der Waals surface area contributed by atoms with Gasteiger partial charge in [0.05, 0.1) is 7.11 Å². The number of alkyl halides is 1. The number of nitrogens with one attached hydrogen (secondary N) is 1. The molecule has 0 saturated heterocycles. The van der Waals surface area contributed by atoms with E-state index in [4.69, 9.17) is 16.3 Å². The first-order chi connectivity index (χ1) is 15.1. The first kappa shape index (κ1) is 23.1. The molecule has 31 heavy (non-hydrogen) atoms. The minimum absolute atomic E-state index is 0.141. The molecule has 1 atom stereocenters. The van der Waals surface area contributed by atoms with Crippen LogP contribution in [0.25, 0.3) is 0 Å². The Morgan fingerprint density at radius 1 is 1.19 bits per heavy atom. The van der Waals surface area contributed by atoms with Gasteiger partial charge in [-0.25, -0.2) is 0 Å². The second-order valence-corrected chi connectivity index (χ2v) is 8.08. The summed E-state index contributed by atoms with van der Waals surface area (Å²) >= 11 is 5.95. The van der Waals surface area contributed by atoms with Crippen molar-refractivity contribution in [2.75, 3.05) is 19.5 Å². The number of rotatable bonds is 9. The lowest BCUT2D eigenvalue weighted by molar-refractivity contribution is -0.139. The van der Waals surface area contributed by atoms with Crippen molar-refractivity contribution in [3.63, 3.8) is 0 Å². The number of hydrogen-bond acceptors (Lipinski definition) is 4. The molecule has 1 unspecified atom stereocenters. The molecule has 1 fully saturated rings. The Kier molecular flexibility index (Phi) is 8.71. The highest BCUT2D eigenvalue weighted by Gasteiger charge is 2.32. The van der Waals surface area contributed by atoms with E-state index >= 15 is 0 Å². The van der Waals surface area contributed by atoms with Gasteiger partial charge >= 0.3 is 0 Å². The molecular weight excluding hydrogens is 414 g/mol. The van der Waals surface area contributed by atoms with Gasteiger partial charge in [-0.1, -0.05) is 43.5 Å². The van der Waals surface area contributed by atoms with E-state index in [0.29, 0.717) is 18.5 Å². The number of pyridine rings is 1. The van der Waals surface area contributed by atoms with E-state index in [9.17, 15) is 9.59 Å². The summed E-state index contributed by atoms with van der Waals surface area (Å²) in [5.74, 6) is 0.0901. The van der Waals surface area contributed by atoms with Gasteiger partial charge in [0.2, 0.25) is 11.8 Å². The van der Waals surface area contributed by atoms with Crippen molar-refractivity contribution in [3.05, 3.63) is 59.9 Å². The van der Waals surface area contributed by atoms with Crippen molar-refractivity contribution in [1.82, 2.24) is 15.2 Å². The lowest BCUT2D eigenvalue weighted by Gasteiger charge is -2.33. The summed E-state index contributed by atoms with van der Waals surface area (Å²) in [6, 6.07) is 10.6. The Balaban J connectivity index is 1.86. The van der Waals surface area contributed by atoms with Gasteiger partial charge in [-0.05, 0) is 37.0 Å². The Morgan fingerprint density at radius 2 is 1.97 bits per heavy atom. The van der Waals surface area contributed by atoms with Crippen molar-refractivity contribution in [2.45, 2.75) is 50.6 Å². The molecule has 0 spiro atoms. The summed E-state index contributed by atoms with van der Waals surface area (Å²) in [5, 5.41) is 3.17. The molecule has 0 bridgehead atoms. The van der Waals surface area contributed by atoms with Crippen molar-refractivity contribution in [2.24, 2.45) is 0 Å². The number of benzene rings is 1. The summed E-state index contributed by atoms with van der Waals surface area (Å²) in [6.45, 7) is 0.337. The highest BCUT2D eigenvalue weighted by molar-refractivity contribution is 6.27. The fourth-order valence-electron chi connectivity index (χ4n) is 4.16. The van der Waals surface area contributed by atoms with Gasteiger partial charge in [-0.15, -0.1) is 11.6 Å². The third kappa shape index (κ3) is 6.20. The quantitative estimate of drug-likeness (QED) is 0.597. The van der Waals surface area contributed by atoms with Gasteiger partial charge < -0.3 is 15.0 Å². The van der Waals surface area contributed by atoms with Crippen molar-refractivity contribution < 1.29 is 14.3 Å². The zero-order valence-corrected chi connectivity index (χ0v) is 18.7. The largest absolute Gasteiger partial charge is 0.496 e. The number of hydrogen-bond donors (Lipinski definition) is 1. The minimum atomic E-state index is -0.781. The van der Waals surface area contributed by atoms with Crippen LogP contribution in [0.3, 0.4) is 0 Å². The molecule has 1 aromatic heterocycles. The molecule has 1 N–H and O–H groups in total. The Bertz CT molecular complexity index is 856. The molecule has 1 aliphatic rings. The zero-order valence-electron chi connectivity index (χ0n) is 17.9. The Labute approximate surface area is 188 Å². The van der Waals surface area contributed by atoms with E-state index in [1.165, 1.54) is 6.42 Å². The maximum Gasteiger partial charge on any atom is 0.247 e. The molecule has 2 aromatic rings. The van der Waals surface area contributed by atoms with Crippen LogP contribution in [0.2, 0.25) is 0 Å². The van der Waals surface area contributed by atoms with Gasteiger partial charge in [-0.2, -0.15) is 0 Å². The molecule has 1 aromatic carbocycles. The lowest BCUT2D eigenvalue weighted by Crippen LogP contribution is -2.48. The Hall–Kier alpha value is -2.60. The van der Waals surface area contributed by atoms with Gasteiger partial charge in [0.25, 0.3) is 0 Å². The second kappa shape index (κ2) is 11.7. The second-order valence-electron chi connectivity index (χ2n) is 7.82. The molecule has 1 aliphatic carbocycles. The van der Waals surface area contributed by atoms with Gasteiger partial charge in [-0.3, -0.25) is 14.6 Å². The smallest absolute Gasteiger partial charge is 0.247 e. The van der Waals surface area contributed by atoms with Crippen molar-refractivity contribution >= 4 is 23.4 Å². The fraction of sp³-hybridized carbons (Fsp3) is 0.458. The number of aromatic nitrogens is 1. The van der Waals surface area contributed by atoms with E-state index in [0.717, 1.165) is 37.0 Å². The maximum atomic E-state index is 13.4. The van der Waals surface area contributed by atoms with E-state index in [1.807, 2.05) is 30.3 Å². The normalized spacial score (nSPS) is 15.2. The fourth-order valence-corrected chi connectivity index (χ4v) is 4.32. The molecule has 6 nitrogen and oxygen atoms in total. The molecule has 3 rings (SSSR count). The van der Waals surface area contributed by atoms with Gasteiger partial charge in [0, 0.05) is 30.5 Å². The van der Waals surface area contributed by atoms with Crippen molar-refractivity contribution in [1.29, 1.82) is 0 Å². The van der Waals surface area contributed by atoms with Crippen LogP contribution in [0.4, 0.5) is 0 Å². The molecule has 166 valence electrons. The monoisotopic (exact) mass is 443 g/mol. The number of amides is 2. The number of methoxy groups -OCH3 is 1. The summed E-state index contributed by atoms with van der Waals surface area (Å²) in [4.78, 5) is 32.0. The number of para-hydroxylation sites is 1. The Morgan fingerprint density at radius 3 is 2.65 bits per heavy atom. The first-order valence-corrected chi connectivity index (χ1v) is 11.3. The number of ether oxygens (including phenoxy) is 1. The first-order valence-electron chi connectivity index (χ1n) is 10.8. The van der Waals surface area contributed by atoms with Crippen molar-refractivity contribution in [3.8, 4) is 5.75 Å². The topological polar surface area (TPSA) is 71.5 Å². The van der Waals surface area contributed by atoms with Crippen LogP contribution in [0, 0.1) is 0 Å². The average Bonchev–Trinajstić information content (AvgIpc) is 2.82. The van der Waals surface area contributed by atoms with Crippen LogP contribution in [0.15, 0.2) is 48.8 Å². The molecule has 1 heterocycles. The van der Waals surface area contributed by atoms with Crippen LogP contribution in [0.1, 0.15) is 49.3 Å². The predicted molar refractivity (Wildman–Crippen MR) is 121 cm³/mol. The summed E-state index contributed by atoms with van der Waals surface area (Å²) in [6.07, 6.45) is 9.20. The highest BCUT2D eigenvalue weighted by Crippen LogP contribution is 2.25. The lowest BCUT2D eigenvalue weighted by atomic mass is 9.94. The third-order valence-corrected chi connectivity index (χ3v) is 5.99. The number of nitrogens with zero attached hydrogens (tertiary/aromatic N) is 2. The van der Waals surface area contributed by atoms with Crippen LogP contribution >= 0.6 is 11.6 Å². The van der Waals surface area contributed by atoms with E-state index < -0.39 is 6.04 Å². The van der Waals surface area contributed by atoms with E-state index in [1.54, 1.807) is 30.5 Å². The number of carbonyl (C=O) groups excluding carboxylic acids is 2. The molecule has 0 radical (unpaired) electrons. The highest BCUT2D eigenvalue weighted by atomic mass is 35.5. The van der Waals surface area contributed by atoms with Crippen LogP contribution in [-0.2, 0) is 16.0 Å². The molecule has 2 amide bonds. The van der Waals surface area contributed by atoms with E-state index in [2.05, 4.69) is 10.3 Å². The van der Waals surface area contributed by atoms with Gasteiger partial charge in [0.15, 0.2) is 0 Å². The average molecular weight is 444 g/mol. The number of halogens is 1. The standard InChI is InChI=1S/C24H30ClN3O3/c1-31-21-12-6-5-8-18(21)13-15-28(22(29)16-25)23(19-9-7-14-26-17-19)24(30)27-20-10-3-2-4-11-20/h5-9,12,14,17,20,23H,2-4,10-11,13,15-16H2,1H3,(H,27,30). The summed E-state index contributed by atoms with van der Waals surface area (Å²) in [5.41, 5.74) is 1.64. The zero-order chi connectivity index (χ0) is 22.1. The molecule has 7 heteroatoms. The van der Waals surface area contributed by atoms with Crippen LogP contribution in [-0.4, -0.2) is 47.3 Å². The molecular formula is C24H30ClN3O3. The predicted octanol–water partition coefficient (Wildman–Crippen LogP) is 3.89. The number of carbonyl (C=O) groups is 2. The SMILES string of the molecule is COc1ccccc1CCN(C(=O)CCl)C(C(=O)NC1CCCCC1)c1cccnc1. The maximum absolute atomic E-state index is 13.4. The van der Waals surface area contributed by atoms with E-state index in [-0.39, 0.29) is 23.7 Å². The molecule has 0 aliphatic heterocycles.